The van der Waals surface area contributed by atoms with Crippen molar-refractivity contribution in [3.05, 3.63) is 33.9 Å². The largest absolute Gasteiger partial charge is 0.502 e. The zero-order valence-corrected chi connectivity index (χ0v) is 7.02. The number of hydrogen-bond donors (Lipinski definition) is 1. The maximum atomic E-state index is 10.5. The minimum atomic E-state index is -0.594. The van der Waals surface area contributed by atoms with Gasteiger partial charge in [0.1, 0.15) is 0 Å². The molecule has 0 spiro atoms. The van der Waals surface area contributed by atoms with E-state index in [1.165, 1.54) is 19.2 Å². The first-order chi connectivity index (χ1) is 6.69. The molecule has 0 aliphatic rings. The van der Waals surface area contributed by atoms with Crippen LogP contribution < -0.4 is 0 Å². The molecule has 0 saturated carbocycles. The normalized spacial score (nSPS) is 10.7. The smallest absolute Gasteiger partial charge is 0.311 e. The number of phenolic OH excluding ortho intramolecular Hbond substituents is 1. The standard InChI is InChI=1S/C8H9NO4/c1-13-5-6-2-3-8(10)7(4-6)9(11)12/h2-4,10H,5H2,1H3/i/hD. The highest BCUT2D eigenvalue weighted by molar-refractivity contribution is 5.47. The first-order valence-corrected chi connectivity index (χ1v) is 3.58. The number of phenols is 1. The quantitative estimate of drug-likeness (QED) is 0.567. The lowest BCUT2D eigenvalue weighted by molar-refractivity contribution is -0.385. The predicted octanol–water partition coefficient (Wildman–Crippen LogP) is 1.45. The zero-order chi connectivity index (χ0) is 10.6. The van der Waals surface area contributed by atoms with Crippen molar-refractivity contribution in [1.82, 2.24) is 0 Å². The Morgan fingerprint density at radius 3 is 3.08 bits per heavy atom. The minimum Gasteiger partial charge on any atom is -0.502 e. The van der Waals surface area contributed by atoms with Gasteiger partial charge in [-0.15, -0.1) is 0 Å². The van der Waals surface area contributed by atoms with Crippen LogP contribution in [0.1, 0.15) is 5.56 Å². The molecule has 1 rings (SSSR count). The van der Waals surface area contributed by atoms with E-state index in [0.29, 0.717) is 12.2 Å². The minimum absolute atomic E-state index is 0.0742. The molecule has 0 radical (unpaired) electrons. The van der Waals surface area contributed by atoms with Crippen molar-refractivity contribution in [1.29, 1.82) is 1.43 Å². The van der Waals surface area contributed by atoms with Crippen molar-refractivity contribution in [2.45, 2.75) is 6.61 Å². The molecule has 0 unspecified atom stereocenters. The molecule has 1 N–H and O–H groups in total. The SMILES string of the molecule is [2H]Oc1ccc(COC)cc1[N+](=O)[O-]. The molecule has 0 aromatic heterocycles. The molecule has 0 aliphatic carbocycles. The summed E-state index contributed by atoms with van der Waals surface area (Å²) >= 11 is 0. The van der Waals surface area contributed by atoms with E-state index in [2.05, 4.69) is 5.11 Å². The number of aromatic hydroxyl groups is 1. The third-order valence-electron chi connectivity index (χ3n) is 1.53. The summed E-state index contributed by atoms with van der Waals surface area (Å²) < 4.78 is 11.4. The number of rotatable bonds is 4. The Bertz CT molecular complexity index is 342. The Morgan fingerprint density at radius 1 is 1.77 bits per heavy atom. The van der Waals surface area contributed by atoms with E-state index in [0.717, 1.165) is 0 Å². The van der Waals surface area contributed by atoms with E-state index in [-0.39, 0.29) is 11.4 Å². The molecule has 1 aromatic carbocycles. The van der Waals surface area contributed by atoms with E-state index >= 15 is 0 Å². The second-order valence-corrected chi connectivity index (χ2v) is 2.49. The van der Waals surface area contributed by atoms with Gasteiger partial charge < -0.3 is 9.85 Å². The fourth-order valence-electron chi connectivity index (χ4n) is 0.962. The van der Waals surface area contributed by atoms with E-state index in [1.54, 1.807) is 6.07 Å². The number of nitrogens with zero attached hydrogens (tertiary/aromatic N) is 1. The monoisotopic (exact) mass is 184 g/mol. The van der Waals surface area contributed by atoms with Gasteiger partial charge in [0.05, 0.1) is 11.5 Å². The molecule has 1 aromatic rings. The van der Waals surface area contributed by atoms with Gasteiger partial charge >= 0.3 is 5.69 Å². The molecule has 0 aliphatic heterocycles. The summed E-state index contributed by atoms with van der Waals surface area (Å²) in [4.78, 5) is 9.94. The van der Waals surface area contributed by atoms with Crippen LogP contribution in [-0.4, -0.2) is 18.6 Å². The van der Waals surface area contributed by atoms with Gasteiger partial charge in [0.15, 0.2) is 5.75 Å². The molecule has 0 atom stereocenters. The van der Waals surface area contributed by atoms with E-state index in [9.17, 15) is 10.1 Å². The molecule has 13 heavy (non-hydrogen) atoms. The van der Waals surface area contributed by atoms with Crippen LogP contribution in [0.3, 0.4) is 0 Å². The Labute approximate surface area is 76.2 Å². The summed E-state index contributed by atoms with van der Waals surface area (Å²) in [7, 11) is 1.50. The van der Waals surface area contributed by atoms with Crippen molar-refractivity contribution in [2.24, 2.45) is 0 Å². The summed E-state index contributed by atoms with van der Waals surface area (Å²) in [6.45, 7) is 0.291. The zero-order valence-electron chi connectivity index (χ0n) is 8.02. The number of nitro groups is 1. The Hall–Kier alpha value is -1.62. The number of nitro benzene ring substituents is 1. The van der Waals surface area contributed by atoms with Gasteiger partial charge in [-0.05, 0) is 11.6 Å². The molecule has 0 fully saturated rings. The predicted molar refractivity (Wildman–Crippen MR) is 45.5 cm³/mol. The van der Waals surface area contributed by atoms with Crippen LogP contribution in [0.5, 0.6) is 5.75 Å². The first kappa shape index (κ1) is 8.00. The van der Waals surface area contributed by atoms with Crippen molar-refractivity contribution >= 4 is 5.69 Å². The van der Waals surface area contributed by atoms with Crippen molar-refractivity contribution in [3.63, 3.8) is 0 Å². The van der Waals surface area contributed by atoms with Crippen LogP contribution in [0.15, 0.2) is 18.2 Å². The van der Waals surface area contributed by atoms with Crippen molar-refractivity contribution in [3.8, 4) is 5.75 Å². The Morgan fingerprint density at radius 2 is 2.54 bits per heavy atom. The van der Waals surface area contributed by atoms with Gasteiger partial charge in [-0.2, -0.15) is 0 Å². The summed E-state index contributed by atoms with van der Waals surface area (Å²) in [5, 5.41) is 14.6. The fraction of sp³-hybridized carbons (Fsp3) is 0.250. The van der Waals surface area contributed by atoms with Gasteiger partial charge in [0.25, 0.3) is 1.43 Å². The van der Waals surface area contributed by atoms with Crippen LogP contribution in [0, 0.1) is 10.1 Å². The molecular formula is C8H9NO4. The third-order valence-corrected chi connectivity index (χ3v) is 1.53. The van der Waals surface area contributed by atoms with Crippen LogP contribution in [0.2, 0.25) is 0 Å². The lowest BCUT2D eigenvalue weighted by atomic mass is 10.2. The Kier molecular flexibility index (Phi) is 2.38. The highest BCUT2D eigenvalue weighted by atomic mass is 16.6. The number of ether oxygens (including phenoxy) is 1. The molecule has 0 saturated heterocycles. The van der Waals surface area contributed by atoms with Crippen molar-refractivity contribution < 1.29 is 14.8 Å². The third kappa shape index (κ3) is 2.16. The highest BCUT2D eigenvalue weighted by Crippen LogP contribution is 2.26. The van der Waals surface area contributed by atoms with Crippen LogP contribution in [0.4, 0.5) is 5.69 Å². The summed E-state index contributed by atoms with van der Waals surface area (Å²) in [5.74, 6) is -0.0742. The van der Waals surface area contributed by atoms with E-state index in [1.807, 2.05) is 0 Å². The summed E-state index contributed by atoms with van der Waals surface area (Å²) in [6.07, 6.45) is 0. The molecule has 5 nitrogen and oxygen atoms in total. The lowest BCUT2D eigenvalue weighted by Gasteiger charge is -2.00. The summed E-state index contributed by atoms with van der Waals surface area (Å²) in [6, 6.07) is 4.31. The average molecular weight is 184 g/mol. The molecule has 0 amide bonds. The molecule has 0 bridgehead atoms. The number of hydrogen-bond acceptors (Lipinski definition) is 4. The molecular weight excluding hydrogens is 174 g/mol. The second-order valence-electron chi connectivity index (χ2n) is 2.49. The van der Waals surface area contributed by atoms with E-state index in [4.69, 9.17) is 6.17 Å². The van der Waals surface area contributed by atoms with Crippen LogP contribution in [0.25, 0.3) is 0 Å². The maximum absolute atomic E-state index is 10.5. The van der Waals surface area contributed by atoms with Crippen LogP contribution in [-0.2, 0) is 11.3 Å². The van der Waals surface area contributed by atoms with Gasteiger partial charge in [-0.25, -0.2) is 0 Å². The number of methoxy groups -OCH3 is 1. The molecule has 5 heteroatoms. The summed E-state index contributed by atoms with van der Waals surface area (Å²) in [5.41, 5.74) is 0.439. The fourth-order valence-corrected chi connectivity index (χ4v) is 0.962. The van der Waals surface area contributed by atoms with Crippen molar-refractivity contribution in [2.75, 3.05) is 7.11 Å². The topological polar surface area (TPSA) is 72.6 Å². The first-order valence-electron chi connectivity index (χ1n) is 3.99. The molecule has 0 heterocycles. The van der Waals surface area contributed by atoms with Gasteiger partial charge in [-0.3, -0.25) is 10.1 Å². The van der Waals surface area contributed by atoms with Gasteiger partial charge in [0.2, 0.25) is 0 Å². The highest BCUT2D eigenvalue weighted by Gasteiger charge is 2.12. The van der Waals surface area contributed by atoms with E-state index < -0.39 is 4.92 Å². The maximum Gasteiger partial charge on any atom is 0.311 e. The molecule has 70 valence electrons. The number of benzene rings is 1. The second kappa shape index (κ2) is 3.86. The van der Waals surface area contributed by atoms with Gasteiger partial charge in [-0.1, -0.05) is 6.07 Å². The lowest BCUT2D eigenvalue weighted by Crippen LogP contribution is -1.92. The average Bonchev–Trinajstić information content (AvgIpc) is 2.18. The van der Waals surface area contributed by atoms with Gasteiger partial charge in [0, 0.05) is 13.2 Å². The Balaban J connectivity index is 3.07. The van der Waals surface area contributed by atoms with Crippen LogP contribution >= 0.6 is 0 Å².